The van der Waals surface area contributed by atoms with Crippen molar-refractivity contribution >= 4 is 57.2 Å². The predicted molar refractivity (Wildman–Crippen MR) is 151 cm³/mol. The van der Waals surface area contributed by atoms with Gasteiger partial charge < -0.3 is 19.9 Å². The summed E-state index contributed by atoms with van der Waals surface area (Å²) in [6.07, 6.45) is 5.75. The second-order valence-corrected chi connectivity index (χ2v) is 12.3. The van der Waals surface area contributed by atoms with Crippen LogP contribution in [0.25, 0.3) is 0 Å². The standard InChI is InChI=1S/C26H33N5O4S3/c1-4-6-13-31-20(15-27-23(33)19-12-9-14-36-19)29-30-26(31)37-16(3)22(32)28-24-21(25(34)35-5-2)17-10-7-8-11-18(17)38-24/h9,12,14,16H,4-8,10-11,13,15H2,1-3H3,(H,27,33)(H,28,32)/t16-/m0/s1. The number of nitrogens with one attached hydrogen (secondary N) is 2. The van der Waals surface area contributed by atoms with Crippen LogP contribution < -0.4 is 10.6 Å². The Morgan fingerprint density at radius 2 is 2.03 bits per heavy atom. The van der Waals surface area contributed by atoms with Crippen LogP contribution in [0.1, 0.15) is 82.7 Å². The van der Waals surface area contributed by atoms with Crippen LogP contribution >= 0.6 is 34.4 Å². The van der Waals surface area contributed by atoms with Gasteiger partial charge >= 0.3 is 5.97 Å². The number of rotatable bonds is 12. The predicted octanol–water partition coefficient (Wildman–Crippen LogP) is 5.31. The number of thioether (sulfide) groups is 1. The third kappa shape index (κ3) is 6.65. The van der Waals surface area contributed by atoms with Crippen LogP contribution in [0.5, 0.6) is 0 Å². The molecule has 9 nitrogen and oxygen atoms in total. The highest BCUT2D eigenvalue weighted by Gasteiger charge is 2.29. The van der Waals surface area contributed by atoms with Crippen LogP contribution in [0.15, 0.2) is 22.7 Å². The largest absolute Gasteiger partial charge is 0.462 e. The van der Waals surface area contributed by atoms with Gasteiger partial charge in [0.1, 0.15) is 5.00 Å². The first-order valence-corrected chi connectivity index (χ1v) is 15.5. The van der Waals surface area contributed by atoms with E-state index in [1.165, 1.54) is 34.4 Å². The Morgan fingerprint density at radius 3 is 2.76 bits per heavy atom. The number of unbranched alkanes of at least 4 members (excludes halogenated alkanes) is 1. The Bertz CT molecular complexity index is 1270. The van der Waals surface area contributed by atoms with Gasteiger partial charge in [0.15, 0.2) is 11.0 Å². The van der Waals surface area contributed by atoms with Gasteiger partial charge in [-0.25, -0.2) is 4.79 Å². The number of fused-ring (bicyclic) bond motifs is 1. The van der Waals surface area contributed by atoms with Crippen LogP contribution in [0.2, 0.25) is 0 Å². The molecule has 0 unspecified atom stereocenters. The van der Waals surface area contributed by atoms with Crippen molar-refractivity contribution in [2.75, 3.05) is 11.9 Å². The normalized spacial score (nSPS) is 13.6. The van der Waals surface area contributed by atoms with E-state index in [0.29, 0.717) is 33.0 Å². The molecular weight excluding hydrogens is 543 g/mol. The number of amides is 2. The van der Waals surface area contributed by atoms with Crippen molar-refractivity contribution in [2.45, 2.75) is 82.8 Å². The van der Waals surface area contributed by atoms with Gasteiger partial charge in [0, 0.05) is 11.4 Å². The fraction of sp³-hybridized carbons (Fsp3) is 0.500. The van der Waals surface area contributed by atoms with Crippen molar-refractivity contribution in [3.05, 3.63) is 44.2 Å². The fourth-order valence-corrected chi connectivity index (χ4v) is 7.04. The van der Waals surface area contributed by atoms with E-state index in [0.717, 1.165) is 49.0 Å². The number of hydrogen-bond acceptors (Lipinski definition) is 9. The lowest BCUT2D eigenvalue weighted by atomic mass is 9.95. The van der Waals surface area contributed by atoms with E-state index in [1.54, 1.807) is 13.0 Å². The van der Waals surface area contributed by atoms with Crippen molar-refractivity contribution in [3.63, 3.8) is 0 Å². The fourth-order valence-electron chi connectivity index (χ4n) is 4.23. The van der Waals surface area contributed by atoms with Crippen LogP contribution in [-0.2, 0) is 35.5 Å². The van der Waals surface area contributed by atoms with Gasteiger partial charge in [-0.05, 0) is 63.0 Å². The number of thiophene rings is 2. The molecule has 0 saturated heterocycles. The van der Waals surface area contributed by atoms with Gasteiger partial charge in [-0.2, -0.15) is 0 Å². The quantitative estimate of drug-likeness (QED) is 0.222. The zero-order chi connectivity index (χ0) is 27.1. The maximum atomic E-state index is 13.3. The molecular formula is C26H33N5O4S3. The molecule has 1 aliphatic rings. The van der Waals surface area contributed by atoms with Gasteiger partial charge in [-0.1, -0.05) is 31.2 Å². The van der Waals surface area contributed by atoms with Crippen molar-refractivity contribution < 1.29 is 19.1 Å². The first kappa shape index (κ1) is 28.3. The minimum Gasteiger partial charge on any atom is -0.462 e. The second kappa shape index (κ2) is 13.4. The summed E-state index contributed by atoms with van der Waals surface area (Å²) in [6, 6.07) is 3.62. The smallest absolute Gasteiger partial charge is 0.341 e. The molecule has 2 N–H and O–H groups in total. The highest BCUT2D eigenvalue weighted by Crippen LogP contribution is 2.39. The maximum absolute atomic E-state index is 13.3. The second-order valence-electron chi connectivity index (χ2n) is 8.95. The van der Waals surface area contributed by atoms with Gasteiger partial charge in [0.05, 0.1) is 28.8 Å². The number of nitrogens with zero attached hydrogens (tertiary/aromatic N) is 3. The van der Waals surface area contributed by atoms with Crippen LogP contribution in [0.4, 0.5) is 5.00 Å². The van der Waals surface area contributed by atoms with E-state index in [2.05, 4.69) is 27.8 Å². The van der Waals surface area contributed by atoms with Crippen LogP contribution in [0.3, 0.4) is 0 Å². The molecule has 0 saturated carbocycles. The number of aryl methyl sites for hydroxylation is 1. The van der Waals surface area contributed by atoms with Gasteiger partial charge in [-0.15, -0.1) is 32.9 Å². The van der Waals surface area contributed by atoms with E-state index in [9.17, 15) is 14.4 Å². The lowest BCUT2D eigenvalue weighted by molar-refractivity contribution is -0.115. The zero-order valence-electron chi connectivity index (χ0n) is 21.9. The molecule has 3 aromatic heterocycles. The third-order valence-electron chi connectivity index (χ3n) is 6.22. The lowest BCUT2D eigenvalue weighted by Gasteiger charge is -2.14. The molecule has 0 bridgehead atoms. The first-order chi connectivity index (χ1) is 18.4. The van der Waals surface area contributed by atoms with Crippen molar-refractivity contribution in [1.29, 1.82) is 0 Å². The molecule has 0 radical (unpaired) electrons. The monoisotopic (exact) mass is 575 g/mol. The van der Waals surface area contributed by atoms with E-state index >= 15 is 0 Å². The Hall–Kier alpha value is -2.70. The average molecular weight is 576 g/mol. The van der Waals surface area contributed by atoms with Crippen molar-refractivity contribution in [2.24, 2.45) is 0 Å². The summed E-state index contributed by atoms with van der Waals surface area (Å²) in [4.78, 5) is 40.2. The highest BCUT2D eigenvalue weighted by atomic mass is 32.2. The molecule has 38 heavy (non-hydrogen) atoms. The molecule has 3 aromatic rings. The lowest BCUT2D eigenvalue weighted by Crippen LogP contribution is -2.25. The Morgan fingerprint density at radius 1 is 1.21 bits per heavy atom. The van der Waals surface area contributed by atoms with E-state index < -0.39 is 5.25 Å². The third-order valence-corrected chi connectivity index (χ3v) is 9.38. The Labute approximate surface area is 234 Å². The molecule has 0 aliphatic heterocycles. The number of ether oxygens (including phenoxy) is 1. The summed E-state index contributed by atoms with van der Waals surface area (Å²) < 4.78 is 7.28. The summed E-state index contributed by atoms with van der Waals surface area (Å²) in [5.74, 6) is -0.0928. The summed E-state index contributed by atoms with van der Waals surface area (Å²) in [5, 5.41) is 17.1. The minimum absolute atomic E-state index is 0.150. The van der Waals surface area contributed by atoms with Crippen molar-refractivity contribution in [1.82, 2.24) is 20.1 Å². The molecule has 0 fully saturated rings. The summed E-state index contributed by atoms with van der Waals surface area (Å²) in [7, 11) is 0. The van der Waals surface area contributed by atoms with E-state index in [1.807, 2.05) is 22.9 Å². The average Bonchev–Trinajstić information content (AvgIpc) is 3.65. The summed E-state index contributed by atoms with van der Waals surface area (Å²) in [6.45, 7) is 6.92. The van der Waals surface area contributed by atoms with Gasteiger partial charge in [0.25, 0.3) is 5.91 Å². The number of esters is 1. The molecule has 12 heteroatoms. The first-order valence-electron chi connectivity index (χ1n) is 13.0. The molecule has 3 heterocycles. The molecule has 204 valence electrons. The highest BCUT2D eigenvalue weighted by molar-refractivity contribution is 8.00. The van der Waals surface area contributed by atoms with Gasteiger partial charge in [0.2, 0.25) is 5.91 Å². The van der Waals surface area contributed by atoms with Crippen LogP contribution in [0, 0.1) is 0 Å². The molecule has 0 spiro atoms. The van der Waals surface area contributed by atoms with Crippen LogP contribution in [-0.4, -0.2) is 44.4 Å². The number of anilines is 1. The summed E-state index contributed by atoms with van der Waals surface area (Å²) in [5.41, 5.74) is 1.52. The van der Waals surface area contributed by atoms with E-state index in [4.69, 9.17) is 4.74 Å². The Balaban J connectivity index is 1.46. The van der Waals surface area contributed by atoms with Gasteiger partial charge in [-0.3, -0.25) is 9.59 Å². The summed E-state index contributed by atoms with van der Waals surface area (Å²) >= 11 is 4.18. The molecule has 0 aromatic carbocycles. The minimum atomic E-state index is -0.484. The number of carbonyl (C=O) groups is 3. The topological polar surface area (TPSA) is 115 Å². The SMILES string of the molecule is CCCCn1c(CNC(=O)c2cccs2)nnc1S[C@@H](C)C(=O)Nc1sc2c(c1C(=O)OCC)CCCC2. The maximum Gasteiger partial charge on any atom is 0.341 e. The molecule has 4 rings (SSSR count). The molecule has 1 atom stereocenters. The number of hydrogen-bond donors (Lipinski definition) is 2. The molecule has 1 aliphatic carbocycles. The zero-order valence-corrected chi connectivity index (χ0v) is 24.3. The Kier molecular flexibility index (Phi) is 9.97. The molecule has 2 amide bonds. The van der Waals surface area contributed by atoms with E-state index in [-0.39, 0.29) is 30.9 Å². The number of carbonyl (C=O) groups excluding carboxylic acids is 3. The number of aromatic nitrogens is 3. The van der Waals surface area contributed by atoms with Crippen molar-refractivity contribution in [3.8, 4) is 0 Å².